The molecule has 2 nitrogen and oxygen atoms in total. The molecule has 0 aromatic carbocycles. The second kappa shape index (κ2) is 5.86. The van der Waals surface area contributed by atoms with Crippen LogP contribution in [0.5, 0.6) is 0 Å². The molecule has 0 atom stereocenters. The van der Waals surface area contributed by atoms with Crippen molar-refractivity contribution in [3.63, 3.8) is 0 Å². The molecule has 2 heteroatoms. The quantitative estimate of drug-likeness (QED) is 0.754. The highest BCUT2D eigenvalue weighted by Crippen LogP contribution is 2.10. The number of aryl methyl sites for hydroxylation is 1. The van der Waals surface area contributed by atoms with E-state index in [0.29, 0.717) is 6.04 Å². The Hall–Kier alpha value is -0.760. The first-order valence-corrected chi connectivity index (χ1v) is 5.53. The highest BCUT2D eigenvalue weighted by molar-refractivity contribution is 5.07. The van der Waals surface area contributed by atoms with Gasteiger partial charge < -0.3 is 9.73 Å². The molecule has 0 saturated heterocycles. The minimum Gasteiger partial charge on any atom is -0.465 e. The van der Waals surface area contributed by atoms with Crippen molar-refractivity contribution in [2.24, 2.45) is 0 Å². The molecule has 0 saturated carbocycles. The van der Waals surface area contributed by atoms with Crippen molar-refractivity contribution in [2.75, 3.05) is 0 Å². The third-order valence-electron chi connectivity index (χ3n) is 2.18. The predicted molar refractivity (Wildman–Crippen MR) is 59.3 cm³/mol. The normalized spacial score (nSPS) is 11.1. The molecule has 0 spiro atoms. The maximum absolute atomic E-state index is 5.67. The monoisotopic (exact) mass is 195 g/mol. The van der Waals surface area contributed by atoms with Crippen molar-refractivity contribution in [1.29, 1.82) is 0 Å². The molecular weight excluding hydrogens is 174 g/mol. The maximum Gasteiger partial charge on any atom is 0.117 e. The topological polar surface area (TPSA) is 25.2 Å². The number of hydrogen-bond acceptors (Lipinski definition) is 2. The van der Waals surface area contributed by atoms with E-state index >= 15 is 0 Å². The van der Waals surface area contributed by atoms with E-state index in [-0.39, 0.29) is 0 Å². The number of nitrogens with one attached hydrogen (secondary N) is 1. The molecule has 1 heterocycles. The fourth-order valence-corrected chi connectivity index (χ4v) is 1.31. The van der Waals surface area contributed by atoms with Gasteiger partial charge in [-0.3, -0.25) is 0 Å². The van der Waals surface area contributed by atoms with Crippen molar-refractivity contribution < 1.29 is 4.42 Å². The number of unbranched alkanes of at least 4 members (excludes halogenated alkanes) is 1. The maximum atomic E-state index is 5.67. The van der Waals surface area contributed by atoms with E-state index in [1.54, 1.807) is 0 Å². The molecule has 0 aliphatic rings. The van der Waals surface area contributed by atoms with Gasteiger partial charge in [-0.05, 0) is 18.6 Å². The fraction of sp³-hybridized carbons (Fsp3) is 0.667. The van der Waals surface area contributed by atoms with Gasteiger partial charge in [-0.15, -0.1) is 0 Å². The Morgan fingerprint density at radius 3 is 2.64 bits per heavy atom. The SMILES string of the molecule is CCCCc1ccc(CNC(C)C)o1. The van der Waals surface area contributed by atoms with E-state index in [0.717, 1.165) is 24.5 Å². The van der Waals surface area contributed by atoms with Crippen LogP contribution in [0.4, 0.5) is 0 Å². The van der Waals surface area contributed by atoms with Crippen LogP contribution in [-0.2, 0) is 13.0 Å². The van der Waals surface area contributed by atoms with Crippen LogP contribution in [-0.4, -0.2) is 6.04 Å². The number of furan rings is 1. The highest BCUT2D eigenvalue weighted by Gasteiger charge is 2.01. The molecule has 14 heavy (non-hydrogen) atoms. The van der Waals surface area contributed by atoms with Gasteiger partial charge in [0.1, 0.15) is 11.5 Å². The first-order chi connectivity index (χ1) is 6.72. The molecule has 1 aromatic rings. The van der Waals surface area contributed by atoms with Crippen LogP contribution in [0.3, 0.4) is 0 Å². The summed E-state index contributed by atoms with van der Waals surface area (Å²) in [4.78, 5) is 0. The summed E-state index contributed by atoms with van der Waals surface area (Å²) in [7, 11) is 0. The molecule has 0 radical (unpaired) electrons. The molecule has 0 aliphatic heterocycles. The molecule has 1 rings (SSSR count). The second-order valence-electron chi connectivity index (χ2n) is 4.01. The average Bonchev–Trinajstić information content (AvgIpc) is 2.59. The lowest BCUT2D eigenvalue weighted by molar-refractivity contribution is 0.431. The minimum absolute atomic E-state index is 0.513. The summed E-state index contributed by atoms with van der Waals surface area (Å²) in [5.41, 5.74) is 0. The van der Waals surface area contributed by atoms with Crippen molar-refractivity contribution >= 4 is 0 Å². The molecule has 1 aromatic heterocycles. The predicted octanol–water partition coefficient (Wildman–Crippen LogP) is 3.12. The highest BCUT2D eigenvalue weighted by atomic mass is 16.3. The van der Waals surface area contributed by atoms with Crippen molar-refractivity contribution in [3.8, 4) is 0 Å². The van der Waals surface area contributed by atoms with E-state index in [4.69, 9.17) is 4.42 Å². The summed E-state index contributed by atoms with van der Waals surface area (Å²) in [6, 6.07) is 4.67. The van der Waals surface area contributed by atoms with Crippen LogP contribution < -0.4 is 5.32 Å². The lowest BCUT2D eigenvalue weighted by Gasteiger charge is -2.04. The Labute approximate surface area is 86.7 Å². The van der Waals surface area contributed by atoms with Gasteiger partial charge in [-0.25, -0.2) is 0 Å². The fourth-order valence-electron chi connectivity index (χ4n) is 1.31. The van der Waals surface area contributed by atoms with Crippen LogP contribution >= 0.6 is 0 Å². The molecule has 0 bridgehead atoms. The van der Waals surface area contributed by atoms with Crippen LogP contribution in [0.1, 0.15) is 45.1 Å². The zero-order chi connectivity index (χ0) is 10.4. The van der Waals surface area contributed by atoms with E-state index in [1.807, 2.05) is 0 Å². The van der Waals surface area contributed by atoms with Crippen molar-refractivity contribution in [1.82, 2.24) is 5.32 Å². The zero-order valence-corrected chi connectivity index (χ0v) is 9.47. The van der Waals surface area contributed by atoms with Gasteiger partial charge in [-0.2, -0.15) is 0 Å². The molecule has 80 valence electrons. The lowest BCUT2D eigenvalue weighted by atomic mass is 10.2. The van der Waals surface area contributed by atoms with Crippen LogP contribution in [0.15, 0.2) is 16.5 Å². The average molecular weight is 195 g/mol. The van der Waals surface area contributed by atoms with Crippen LogP contribution in [0.2, 0.25) is 0 Å². The van der Waals surface area contributed by atoms with Crippen LogP contribution in [0.25, 0.3) is 0 Å². The van der Waals surface area contributed by atoms with Crippen molar-refractivity contribution in [3.05, 3.63) is 23.7 Å². The number of rotatable bonds is 6. The van der Waals surface area contributed by atoms with E-state index in [1.165, 1.54) is 12.8 Å². The Kier molecular flexibility index (Phi) is 4.74. The van der Waals surface area contributed by atoms with Crippen molar-refractivity contribution in [2.45, 2.75) is 52.6 Å². The summed E-state index contributed by atoms with van der Waals surface area (Å²) >= 11 is 0. The first-order valence-electron chi connectivity index (χ1n) is 5.53. The van der Waals surface area contributed by atoms with E-state index < -0.39 is 0 Å². The summed E-state index contributed by atoms with van der Waals surface area (Å²) < 4.78 is 5.67. The lowest BCUT2D eigenvalue weighted by Crippen LogP contribution is -2.21. The minimum atomic E-state index is 0.513. The Morgan fingerprint density at radius 2 is 2.00 bits per heavy atom. The Balaban J connectivity index is 2.35. The molecule has 0 fully saturated rings. The van der Waals surface area contributed by atoms with Gasteiger partial charge in [0.15, 0.2) is 0 Å². The van der Waals surface area contributed by atoms with Gasteiger partial charge in [0.25, 0.3) is 0 Å². The third-order valence-corrected chi connectivity index (χ3v) is 2.18. The third kappa shape index (κ3) is 3.97. The van der Waals surface area contributed by atoms with Gasteiger partial charge >= 0.3 is 0 Å². The molecule has 0 amide bonds. The summed E-state index contributed by atoms with van der Waals surface area (Å²) in [6.07, 6.45) is 3.50. The molecule has 0 aliphatic carbocycles. The Morgan fingerprint density at radius 1 is 1.29 bits per heavy atom. The standard InChI is InChI=1S/C12H21NO/c1-4-5-6-11-7-8-12(14-11)9-13-10(2)3/h7-8,10,13H,4-6,9H2,1-3H3. The van der Waals surface area contributed by atoms with Gasteiger partial charge in [0, 0.05) is 12.5 Å². The Bertz CT molecular complexity index is 253. The largest absolute Gasteiger partial charge is 0.465 e. The molecular formula is C12H21NO. The van der Waals surface area contributed by atoms with Gasteiger partial charge in [0.2, 0.25) is 0 Å². The van der Waals surface area contributed by atoms with E-state index in [9.17, 15) is 0 Å². The molecule has 0 unspecified atom stereocenters. The van der Waals surface area contributed by atoms with Gasteiger partial charge in [-0.1, -0.05) is 27.2 Å². The van der Waals surface area contributed by atoms with Crippen LogP contribution in [0, 0.1) is 0 Å². The van der Waals surface area contributed by atoms with Gasteiger partial charge in [0.05, 0.1) is 6.54 Å². The zero-order valence-electron chi connectivity index (χ0n) is 9.47. The van der Waals surface area contributed by atoms with E-state index in [2.05, 4.69) is 38.2 Å². The second-order valence-corrected chi connectivity index (χ2v) is 4.01. The number of hydrogen-bond donors (Lipinski definition) is 1. The summed E-state index contributed by atoms with van der Waals surface area (Å²) in [6.45, 7) is 7.32. The summed E-state index contributed by atoms with van der Waals surface area (Å²) in [5.74, 6) is 2.16. The smallest absolute Gasteiger partial charge is 0.117 e. The first kappa shape index (κ1) is 11.3. The summed E-state index contributed by atoms with van der Waals surface area (Å²) in [5, 5.41) is 3.34. The molecule has 1 N–H and O–H groups in total.